The standard InChI is InChI=1S/C19H21NO5/c1-3-17(25-16-7-5-4-6-8-16)19(22)24-13-18(21)20-14-9-11-15(23-2)12-10-14/h4-12,17H,3,13H2,1-2H3,(H,20,21)/t17-/m0/s1. The average Bonchev–Trinajstić information content (AvgIpc) is 2.65. The number of para-hydroxylation sites is 1. The molecule has 132 valence electrons. The van der Waals surface area contributed by atoms with E-state index >= 15 is 0 Å². The van der Waals surface area contributed by atoms with E-state index in [1.165, 1.54) is 0 Å². The van der Waals surface area contributed by atoms with Crippen LogP contribution in [0.4, 0.5) is 5.69 Å². The number of anilines is 1. The molecule has 0 heterocycles. The van der Waals surface area contributed by atoms with Gasteiger partial charge in [0, 0.05) is 5.69 Å². The van der Waals surface area contributed by atoms with Crippen LogP contribution in [-0.2, 0) is 14.3 Å². The van der Waals surface area contributed by atoms with E-state index in [-0.39, 0.29) is 6.61 Å². The summed E-state index contributed by atoms with van der Waals surface area (Å²) in [6.45, 7) is 1.44. The van der Waals surface area contributed by atoms with Crippen LogP contribution in [0.3, 0.4) is 0 Å². The Balaban J connectivity index is 1.81. The smallest absolute Gasteiger partial charge is 0.347 e. The number of rotatable bonds is 8. The molecule has 6 nitrogen and oxygen atoms in total. The first-order valence-electron chi connectivity index (χ1n) is 7.94. The molecule has 6 heteroatoms. The minimum atomic E-state index is -0.754. The molecule has 0 fully saturated rings. The Morgan fingerprint density at radius 2 is 1.68 bits per heavy atom. The fraction of sp³-hybridized carbons (Fsp3) is 0.263. The molecule has 0 aromatic heterocycles. The van der Waals surface area contributed by atoms with Gasteiger partial charge < -0.3 is 19.5 Å². The molecule has 0 bridgehead atoms. The van der Waals surface area contributed by atoms with E-state index in [0.29, 0.717) is 23.6 Å². The number of nitrogens with one attached hydrogen (secondary N) is 1. The zero-order valence-electron chi connectivity index (χ0n) is 14.2. The zero-order valence-corrected chi connectivity index (χ0v) is 14.2. The van der Waals surface area contributed by atoms with Gasteiger partial charge in [-0.05, 0) is 42.8 Å². The summed E-state index contributed by atoms with van der Waals surface area (Å²) in [6.07, 6.45) is -0.315. The number of hydrogen-bond donors (Lipinski definition) is 1. The Labute approximate surface area is 146 Å². The molecule has 1 N–H and O–H groups in total. The van der Waals surface area contributed by atoms with Crippen LogP contribution in [0.15, 0.2) is 54.6 Å². The highest BCUT2D eigenvalue weighted by atomic mass is 16.6. The molecule has 2 aromatic rings. The van der Waals surface area contributed by atoms with Gasteiger partial charge in [-0.3, -0.25) is 4.79 Å². The minimum Gasteiger partial charge on any atom is -0.497 e. The quantitative estimate of drug-likeness (QED) is 0.746. The van der Waals surface area contributed by atoms with Crippen molar-refractivity contribution >= 4 is 17.6 Å². The second-order valence-electron chi connectivity index (χ2n) is 5.21. The van der Waals surface area contributed by atoms with E-state index in [4.69, 9.17) is 14.2 Å². The number of ether oxygens (including phenoxy) is 3. The van der Waals surface area contributed by atoms with E-state index in [1.54, 1.807) is 43.5 Å². The van der Waals surface area contributed by atoms with Crippen LogP contribution < -0.4 is 14.8 Å². The molecule has 0 saturated heterocycles. The molecule has 1 amide bonds. The molecule has 0 saturated carbocycles. The number of esters is 1. The van der Waals surface area contributed by atoms with Gasteiger partial charge in [-0.2, -0.15) is 0 Å². The number of carbonyl (C=O) groups is 2. The first kappa shape index (κ1) is 18.3. The van der Waals surface area contributed by atoms with Crippen molar-refractivity contribution in [2.45, 2.75) is 19.4 Å². The van der Waals surface area contributed by atoms with Crippen molar-refractivity contribution in [3.05, 3.63) is 54.6 Å². The minimum absolute atomic E-state index is 0.375. The van der Waals surface area contributed by atoms with Gasteiger partial charge in [0.25, 0.3) is 5.91 Å². The summed E-state index contributed by atoms with van der Waals surface area (Å²) in [7, 11) is 1.56. The number of hydrogen-bond acceptors (Lipinski definition) is 5. The molecule has 0 spiro atoms. The lowest BCUT2D eigenvalue weighted by atomic mass is 10.2. The molecule has 0 aliphatic carbocycles. The Morgan fingerprint density at radius 3 is 2.28 bits per heavy atom. The third kappa shape index (κ3) is 5.84. The van der Waals surface area contributed by atoms with Crippen LogP contribution in [0, 0.1) is 0 Å². The van der Waals surface area contributed by atoms with Crippen LogP contribution in [0.25, 0.3) is 0 Å². The summed E-state index contributed by atoms with van der Waals surface area (Å²) in [5.74, 6) is 0.270. The summed E-state index contributed by atoms with van der Waals surface area (Å²) in [5.41, 5.74) is 0.592. The predicted molar refractivity (Wildman–Crippen MR) is 93.7 cm³/mol. The summed E-state index contributed by atoms with van der Waals surface area (Å²) in [6, 6.07) is 15.8. The highest BCUT2D eigenvalue weighted by Crippen LogP contribution is 2.15. The molecule has 1 atom stereocenters. The van der Waals surface area contributed by atoms with Crippen LogP contribution in [0.5, 0.6) is 11.5 Å². The Bertz CT molecular complexity index is 685. The number of benzene rings is 2. The Kier molecular flexibility index (Phi) is 6.83. The van der Waals surface area contributed by atoms with E-state index < -0.39 is 18.0 Å². The fourth-order valence-electron chi connectivity index (χ4n) is 2.06. The molecule has 0 aliphatic rings. The summed E-state index contributed by atoms with van der Waals surface area (Å²) in [4.78, 5) is 24.0. The highest BCUT2D eigenvalue weighted by molar-refractivity contribution is 5.93. The van der Waals surface area contributed by atoms with Crippen LogP contribution >= 0.6 is 0 Å². The number of methoxy groups -OCH3 is 1. The van der Waals surface area contributed by atoms with Crippen molar-refractivity contribution in [3.63, 3.8) is 0 Å². The summed E-state index contributed by atoms with van der Waals surface area (Å²) >= 11 is 0. The van der Waals surface area contributed by atoms with Crippen molar-refractivity contribution in [3.8, 4) is 11.5 Å². The van der Waals surface area contributed by atoms with Gasteiger partial charge in [-0.15, -0.1) is 0 Å². The van der Waals surface area contributed by atoms with E-state index in [2.05, 4.69) is 5.32 Å². The molecule has 25 heavy (non-hydrogen) atoms. The van der Waals surface area contributed by atoms with Crippen molar-refractivity contribution in [2.24, 2.45) is 0 Å². The molecule has 0 radical (unpaired) electrons. The maximum Gasteiger partial charge on any atom is 0.347 e. The lowest BCUT2D eigenvalue weighted by Gasteiger charge is -2.16. The SMILES string of the molecule is CC[C@H](Oc1ccccc1)C(=O)OCC(=O)Nc1ccc(OC)cc1. The normalized spacial score (nSPS) is 11.3. The first-order valence-corrected chi connectivity index (χ1v) is 7.94. The third-order valence-corrected chi connectivity index (χ3v) is 3.37. The molecule has 2 aromatic carbocycles. The molecule has 0 aliphatic heterocycles. The van der Waals surface area contributed by atoms with Crippen molar-refractivity contribution in [1.82, 2.24) is 0 Å². The van der Waals surface area contributed by atoms with Crippen molar-refractivity contribution < 1.29 is 23.8 Å². The van der Waals surface area contributed by atoms with Gasteiger partial charge in [0.2, 0.25) is 0 Å². The van der Waals surface area contributed by atoms with Crippen LogP contribution in [0.1, 0.15) is 13.3 Å². The lowest BCUT2D eigenvalue weighted by Crippen LogP contribution is -2.31. The summed E-state index contributed by atoms with van der Waals surface area (Å²) in [5, 5.41) is 2.64. The van der Waals surface area contributed by atoms with Gasteiger partial charge in [-0.25, -0.2) is 4.79 Å². The topological polar surface area (TPSA) is 73.9 Å². The molecule has 0 unspecified atom stereocenters. The van der Waals surface area contributed by atoms with Crippen molar-refractivity contribution in [1.29, 1.82) is 0 Å². The Morgan fingerprint density at radius 1 is 1.00 bits per heavy atom. The maximum absolute atomic E-state index is 12.1. The maximum atomic E-state index is 12.1. The second-order valence-corrected chi connectivity index (χ2v) is 5.21. The van der Waals surface area contributed by atoms with E-state index in [1.807, 2.05) is 25.1 Å². The van der Waals surface area contributed by atoms with Gasteiger partial charge in [0.1, 0.15) is 11.5 Å². The summed E-state index contributed by atoms with van der Waals surface area (Å²) < 4.78 is 15.7. The number of amides is 1. The second kappa shape index (κ2) is 9.32. The lowest BCUT2D eigenvalue weighted by molar-refractivity contribution is -0.154. The molecular weight excluding hydrogens is 322 g/mol. The van der Waals surface area contributed by atoms with Crippen LogP contribution in [-0.4, -0.2) is 31.7 Å². The molecular formula is C19H21NO5. The Hall–Kier alpha value is -3.02. The molecule has 2 rings (SSSR count). The van der Waals surface area contributed by atoms with E-state index in [0.717, 1.165) is 0 Å². The number of carbonyl (C=O) groups excluding carboxylic acids is 2. The van der Waals surface area contributed by atoms with E-state index in [9.17, 15) is 9.59 Å². The zero-order chi connectivity index (χ0) is 18.1. The largest absolute Gasteiger partial charge is 0.497 e. The monoisotopic (exact) mass is 343 g/mol. The highest BCUT2D eigenvalue weighted by Gasteiger charge is 2.21. The first-order chi connectivity index (χ1) is 12.1. The van der Waals surface area contributed by atoms with Crippen molar-refractivity contribution in [2.75, 3.05) is 19.0 Å². The van der Waals surface area contributed by atoms with Gasteiger partial charge in [-0.1, -0.05) is 25.1 Å². The fourth-order valence-corrected chi connectivity index (χ4v) is 2.06. The average molecular weight is 343 g/mol. The third-order valence-electron chi connectivity index (χ3n) is 3.37. The van der Waals surface area contributed by atoms with Gasteiger partial charge >= 0.3 is 5.97 Å². The van der Waals surface area contributed by atoms with Crippen LogP contribution in [0.2, 0.25) is 0 Å². The predicted octanol–water partition coefficient (Wildman–Crippen LogP) is 3.03. The van der Waals surface area contributed by atoms with Gasteiger partial charge in [0.15, 0.2) is 12.7 Å². The van der Waals surface area contributed by atoms with Gasteiger partial charge in [0.05, 0.1) is 7.11 Å².